The smallest absolute Gasteiger partial charge is 0.218 e. The maximum absolute atomic E-state index is 10.4. The summed E-state index contributed by atoms with van der Waals surface area (Å²) in [6.07, 6.45) is -0.503. The lowest BCUT2D eigenvalue weighted by molar-refractivity contribution is -0.121. The van der Waals surface area contributed by atoms with Gasteiger partial charge in [-0.05, 0) is 0 Å². The Hall–Kier alpha value is -1.10. The lowest BCUT2D eigenvalue weighted by Crippen LogP contribution is -2.48. The number of carbonyl (C=O) groups is 2. The van der Waals surface area contributed by atoms with Gasteiger partial charge >= 0.3 is 0 Å². The first-order chi connectivity index (χ1) is 5.02. The van der Waals surface area contributed by atoms with Crippen molar-refractivity contribution in [2.45, 2.75) is 20.0 Å². The Labute approximate surface area is 65.3 Å². The van der Waals surface area contributed by atoms with E-state index in [4.69, 9.17) is 5.73 Å². The van der Waals surface area contributed by atoms with Crippen LogP contribution in [0.15, 0.2) is 0 Å². The number of amides is 2. The Morgan fingerprint density at radius 2 is 1.91 bits per heavy atom. The largest absolute Gasteiger partial charge is 0.353 e. The minimum absolute atomic E-state index is 0.161. The molecular weight excluding hydrogens is 146 g/mol. The van der Waals surface area contributed by atoms with E-state index in [2.05, 4.69) is 10.6 Å². The molecule has 0 aliphatic rings. The van der Waals surface area contributed by atoms with Crippen LogP contribution < -0.4 is 16.4 Å². The lowest BCUT2D eigenvalue weighted by Gasteiger charge is -2.11. The molecule has 0 spiro atoms. The predicted octanol–water partition coefficient (Wildman–Crippen LogP) is -1.46. The number of rotatable bonds is 3. The standard InChI is InChI=1S/C6H13N3O2/c1-4(10)8-3-6(7)9-5(2)11/h6H,3,7H2,1-2H3,(H,8,10)(H,9,11). The second-order valence-corrected chi connectivity index (χ2v) is 2.24. The van der Waals surface area contributed by atoms with E-state index in [-0.39, 0.29) is 18.4 Å². The van der Waals surface area contributed by atoms with Crippen LogP contribution in [0.3, 0.4) is 0 Å². The van der Waals surface area contributed by atoms with Crippen LogP contribution in [0.1, 0.15) is 13.8 Å². The van der Waals surface area contributed by atoms with Gasteiger partial charge in [-0.25, -0.2) is 0 Å². The second kappa shape index (κ2) is 4.68. The molecule has 0 saturated carbocycles. The van der Waals surface area contributed by atoms with Crippen molar-refractivity contribution in [2.75, 3.05) is 6.54 Å². The van der Waals surface area contributed by atoms with Crippen molar-refractivity contribution in [2.24, 2.45) is 5.73 Å². The van der Waals surface area contributed by atoms with Crippen molar-refractivity contribution in [1.29, 1.82) is 0 Å². The molecule has 0 radical (unpaired) electrons. The van der Waals surface area contributed by atoms with Crippen LogP contribution in [-0.4, -0.2) is 24.5 Å². The molecule has 0 bridgehead atoms. The van der Waals surface area contributed by atoms with E-state index in [0.717, 1.165) is 0 Å². The van der Waals surface area contributed by atoms with E-state index < -0.39 is 6.17 Å². The van der Waals surface area contributed by atoms with Gasteiger partial charge in [0, 0.05) is 13.8 Å². The van der Waals surface area contributed by atoms with Crippen LogP contribution in [0, 0.1) is 0 Å². The Morgan fingerprint density at radius 3 is 2.27 bits per heavy atom. The van der Waals surface area contributed by atoms with E-state index in [0.29, 0.717) is 0 Å². The highest BCUT2D eigenvalue weighted by Gasteiger charge is 2.02. The van der Waals surface area contributed by atoms with Crippen molar-refractivity contribution < 1.29 is 9.59 Å². The van der Waals surface area contributed by atoms with Crippen molar-refractivity contribution >= 4 is 11.8 Å². The summed E-state index contributed by atoms with van der Waals surface area (Å²) in [6.45, 7) is 3.02. The molecular formula is C6H13N3O2. The number of nitrogens with two attached hydrogens (primary N) is 1. The predicted molar refractivity (Wildman–Crippen MR) is 40.5 cm³/mol. The van der Waals surface area contributed by atoms with Gasteiger partial charge < -0.3 is 16.4 Å². The highest BCUT2D eigenvalue weighted by Crippen LogP contribution is 1.70. The average Bonchev–Trinajstić information content (AvgIpc) is 1.82. The Kier molecular flexibility index (Phi) is 4.21. The second-order valence-electron chi connectivity index (χ2n) is 2.24. The summed E-state index contributed by atoms with van der Waals surface area (Å²) in [7, 11) is 0. The normalized spacial score (nSPS) is 11.9. The van der Waals surface area contributed by atoms with Gasteiger partial charge in [0.2, 0.25) is 11.8 Å². The van der Waals surface area contributed by atoms with Gasteiger partial charge in [0.15, 0.2) is 0 Å². The van der Waals surface area contributed by atoms with Crippen LogP contribution in [0.5, 0.6) is 0 Å². The summed E-state index contributed by atoms with van der Waals surface area (Å²) >= 11 is 0. The number of hydrogen-bond donors (Lipinski definition) is 3. The van der Waals surface area contributed by atoms with Crippen molar-refractivity contribution in [1.82, 2.24) is 10.6 Å². The molecule has 4 N–H and O–H groups in total. The van der Waals surface area contributed by atoms with Crippen LogP contribution in [-0.2, 0) is 9.59 Å². The summed E-state index contributed by atoms with van der Waals surface area (Å²) in [4.78, 5) is 20.7. The molecule has 0 fully saturated rings. The van der Waals surface area contributed by atoms with E-state index in [1.807, 2.05) is 0 Å². The van der Waals surface area contributed by atoms with Gasteiger partial charge in [0.1, 0.15) is 0 Å². The molecule has 0 saturated heterocycles. The van der Waals surface area contributed by atoms with Crippen LogP contribution in [0.2, 0.25) is 0 Å². The highest BCUT2D eigenvalue weighted by atomic mass is 16.2. The van der Waals surface area contributed by atoms with Gasteiger partial charge in [-0.15, -0.1) is 0 Å². The third-order valence-corrected chi connectivity index (χ3v) is 0.960. The van der Waals surface area contributed by atoms with Crippen LogP contribution in [0.25, 0.3) is 0 Å². The fourth-order valence-corrected chi connectivity index (χ4v) is 0.566. The molecule has 11 heavy (non-hydrogen) atoms. The zero-order valence-electron chi connectivity index (χ0n) is 6.68. The molecule has 0 aromatic carbocycles. The summed E-state index contributed by atoms with van der Waals surface area (Å²) in [5.74, 6) is -0.367. The SMILES string of the molecule is CC(=O)NCC(N)NC(C)=O. The number of hydrogen-bond acceptors (Lipinski definition) is 3. The van der Waals surface area contributed by atoms with Gasteiger partial charge in [0.05, 0.1) is 12.7 Å². The molecule has 2 amide bonds. The molecule has 0 aromatic heterocycles. The van der Waals surface area contributed by atoms with Crippen molar-refractivity contribution in [3.63, 3.8) is 0 Å². The Bertz CT molecular complexity index is 158. The summed E-state index contributed by atoms with van der Waals surface area (Å²) < 4.78 is 0. The quantitative estimate of drug-likeness (QED) is 0.440. The van der Waals surface area contributed by atoms with Crippen LogP contribution in [0.4, 0.5) is 0 Å². The van der Waals surface area contributed by atoms with Gasteiger partial charge in [-0.3, -0.25) is 9.59 Å². The van der Waals surface area contributed by atoms with Gasteiger partial charge in [0.25, 0.3) is 0 Å². The molecule has 64 valence electrons. The molecule has 5 nitrogen and oxygen atoms in total. The Balaban J connectivity index is 3.44. The topological polar surface area (TPSA) is 84.2 Å². The molecule has 0 aliphatic carbocycles. The van der Waals surface area contributed by atoms with Crippen molar-refractivity contribution in [3.05, 3.63) is 0 Å². The minimum atomic E-state index is -0.503. The van der Waals surface area contributed by atoms with Crippen molar-refractivity contribution in [3.8, 4) is 0 Å². The fraction of sp³-hybridized carbons (Fsp3) is 0.667. The summed E-state index contributed by atoms with van der Waals surface area (Å²) in [5.41, 5.74) is 5.38. The van der Waals surface area contributed by atoms with Crippen LogP contribution >= 0.6 is 0 Å². The fourth-order valence-electron chi connectivity index (χ4n) is 0.566. The third kappa shape index (κ3) is 6.79. The first-order valence-corrected chi connectivity index (χ1v) is 3.29. The lowest BCUT2D eigenvalue weighted by atomic mass is 10.4. The summed E-state index contributed by atoms with van der Waals surface area (Å²) in [6, 6.07) is 0. The van der Waals surface area contributed by atoms with E-state index >= 15 is 0 Å². The number of nitrogens with one attached hydrogen (secondary N) is 2. The van der Waals surface area contributed by atoms with Gasteiger partial charge in [-0.1, -0.05) is 0 Å². The van der Waals surface area contributed by atoms with Gasteiger partial charge in [-0.2, -0.15) is 0 Å². The maximum Gasteiger partial charge on any atom is 0.218 e. The zero-order valence-corrected chi connectivity index (χ0v) is 6.68. The Morgan fingerprint density at radius 1 is 1.36 bits per heavy atom. The molecule has 1 unspecified atom stereocenters. The van der Waals surface area contributed by atoms with E-state index in [1.165, 1.54) is 13.8 Å². The minimum Gasteiger partial charge on any atom is -0.353 e. The molecule has 5 heteroatoms. The number of carbonyl (C=O) groups excluding carboxylic acids is 2. The first kappa shape index (κ1) is 9.90. The highest BCUT2D eigenvalue weighted by molar-refractivity contribution is 5.74. The molecule has 0 rings (SSSR count). The molecule has 0 aliphatic heterocycles. The maximum atomic E-state index is 10.4. The summed E-state index contributed by atoms with van der Waals surface area (Å²) in [5, 5.41) is 4.89. The zero-order chi connectivity index (χ0) is 8.85. The van der Waals surface area contributed by atoms with E-state index in [1.54, 1.807) is 0 Å². The third-order valence-electron chi connectivity index (χ3n) is 0.960. The average molecular weight is 159 g/mol. The molecule has 1 atom stereocenters. The monoisotopic (exact) mass is 159 g/mol. The first-order valence-electron chi connectivity index (χ1n) is 3.29. The molecule has 0 heterocycles. The molecule has 0 aromatic rings. The van der Waals surface area contributed by atoms with E-state index in [9.17, 15) is 9.59 Å².